The van der Waals surface area contributed by atoms with E-state index >= 15 is 0 Å². The monoisotopic (exact) mass is 473 g/mol. The molecule has 1 heterocycles. The number of hydrogen-bond acceptors (Lipinski definition) is 5. The fourth-order valence-electron chi connectivity index (χ4n) is 3.35. The van der Waals surface area contributed by atoms with Crippen LogP contribution in [-0.2, 0) is 26.0 Å². The third-order valence-corrected chi connectivity index (χ3v) is 7.10. The average molecular weight is 474 g/mol. The standard InChI is InChI=1S/C20H18Cl2FNO5S/c1-29-18-6-3-14(21)9-13(18)8-12-2-5-16(25)11-24(20(12)26)30(27,28)19-7-4-15(22)10-17(19)23/h3-4,6-7,9-10,12H,2,5,8,11H2,1H3. The normalized spacial score (nSPS) is 17.7. The zero-order valence-corrected chi connectivity index (χ0v) is 18.2. The van der Waals surface area contributed by atoms with Crippen LogP contribution in [0.1, 0.15) is 18.4 Å². The van der Waals surface area contributed by atoms with Crippen LogP contribution in [0.2, 0.25) is 10.0 Å². The molecule has 6 nitrogen and oxygen atoms in total. The molecule has 1 atom stereocenters. The summed E-state index contributed by atoms with van der Waals surface area (Å²) in [6, 6.07) is 7.91. The molecule has 1 saturated heterocycles. The highest BCUT2D eigenvalue weighted by atomic mass is 35.5. The molecular weight excluding hydrogens is 456 g/mol. The molecule has 2 aromatic carbocycles. The number of carbonyl (C=O) groups excluding carboxylic acids is 2. The lowest BCUT2D eigenvalue weighted by Gasteiger charge is -2.24. The first-order valence-electron chi connectivity index (χ1n) is 8.99. The van der Waals surface area contributed by atoms with E-state index in [2.05, 4.69) is 0 Å². The van der Waals surface area contributed by atoms with Gasteiger partial charge < -0.3 is 4.74 Å². The molecule has 0 N–H and O–H groups in total. The minimum Gasteiger partial charge on any atom is -0.496 e. The van der Waals surface area contributed by atoms with Crippen LogP contribution in [0.15, 0.2) is 41.3 Å². The molecule has 1 aliphatic rings. The fourth-order valence-corrected chi connectivity index (χ4v) is 5.18. The summed E-state index contributed by atoms with van der Waals surface area (Å²) in [4.78, 5) is 24.6. The lowest BCUT2D eigenvalue weighted by Crippen LogP contribution is -2.42. The summed E-state index contributed by atoms with van der Waals surface area (Å²) in [7, 11) is -3.13. The molecule has 10 heteroatoms. The number of hydrogen-bond donors (Lipinski definition) is 0. The largest absolute Gasteiger partial charge is 0.496 e. The number of nitrogens with zero attached hydrogens (tertiary/aromatic N) is 1. The first kappa shape index (κ1) is 22.5. The Labute approximate surface area is 183 Å². The van der Waals surface area contributed by atoms with E-state index in [1.807, 2.05) is 0 Å². The zero-order valence-electron chi connectivity index (χ0n) is 15.9. The second-order valence-electron chi connectivity index (χ2n) is 6.86. The van der Waals surface area contributed by atoms with Gasteiger partial charge in [0.25, 0.3) is 10.0 Å². The van der Waals surface area contributed by atoms with E-state index in [9.17, 15) is 22.4 Å². The first-order chi connectivity index (χ1) is 14.1. The number of amides is 1. The van der Waals surface area contributed by atoms with E-state index in [0.29, 0.717) is 20.6 Å². The third kappa shape index (κ3) is 4.61. The average Bonchev–Trinajstić information content (AvgIpc) is 2.81. The third-order valence-electron chi connectivity index (χ3n) is 4.86. The summed E-state index contributed by atoms with van der Waals surface area (Å²) in [6.45, 7) is -0.646. The Balaban J connectivity index is 1.99. The van der Waals surface area contributed by atoms with Gasteiger partial charge in [-0.15, -0.1) is 0 Å². The number of carbonyl (C=O) groups is 2. The molecule has 2 aromatic rings. The van der Waals surface area contributed by atoms with Crippen molar-refractivity contribution in [1.29, 1.82) is 0 Å². The molecule has 3 rings (SSSR count). The summed E-state index contributed by atoms with van der Waals surface area (Å²) in [5.41, 5.74) is 0.604. The van der Waals surface area contributed by atoms with Gasteiger partial charge >= 0.3 is 0 Å². The SMILES string of the molecule is COc1ccc(Cl)cc1CC1CCC(=O)CN(S(=O)(=O)c2ccc(Cl)cc2F)C1=O. The van der Waals surface area contributed by atoms with Gasteiger partial charge in [-0.05, 0) is 54.8 Å². The lowest BCUT2D eigenvalue weighted by atomic mass is 9.93. The van der Waals surface area contributed by atoms with Gasteiger partial charge in [0.15, 0.2) is 5.78 Å². The van der Waals surface area contributed by atoms with Crippen molar-refractivity contribution in [2.45, 2.75) is 24.2 Å². The van der Waals surface area contributed by atoms with Gasteiger partial charge in [-0.2, -0.15) is 0 Å². The highest BCUT2D eigenvalue weighted by Gasteiger charge is 2.39. The smallest absolute Gasteiger partial charge is 0.269 e. The van der Waals surface area contributed by atoms with Gasteiger partial charge in [-0.1, -0.05) is 23.2 Å². The van der Waals surface area contributed by atoms with E-state index in [4.69, 9.17) is 27.9 Å². The molecule has 1 amide bonds. The number of rotatable bonds is 5. The van der Waals surface area contributed by atoms with Gasteiger partial charge in [0.05, 0.1) is 13.7 Å². The quantitative estimate of drug-likeness (QED) is 0.657. The Morgan fingerprint density at radius 1 is 1.13 bits per heavy atom. The van der Waals surface area contributed by atoms with Crippen LogP contribution in [-0.4, -0.2) is 38.1 Å². The zero-order chi connectivity index (χ0) is 22.1. The van der Waals surface area contributed by atoms with E-state index in [1.54, 1.807) is 18.2 Å². The molecule has 0 aromatic heterocycles. The van der Waals surface area contributed by atoms with Crippen LogP contribution in [0.3, 0.4) is 0 Å². The van der Waals surface area contributed by atoms with Crippen molar-refractivity contribution < 1.29 is 27.1 Å². The predicted octanol–water partition coefficient (Wildman–Crippen LogP) is 3.88. The number of benzene rings is 2. The Morgan fingerprint density at radius 2 is 1.80 bits per heavy atom. The van der Waals surface area contributed by atoms with Crippen molar-refractivity contribution >= 4 is 44.9 Å². The lowest BCUT2D eigenvalue weighted by molar-refractivity contribution is -0.131. The second-order valence-corrected chi connectivity index (χ2v) is 9.56. The number of sulfonamides is 1. The van der Waals surface area contributed by atoms with Gasteiger partial charge in [0.2, 0.25) is 5.91 Å². The Hall–Kier alpha value is -2.16. The topological polar surface area (TPSA) is 80.8 Å². The predicted molar refractivity (Wildman–Crippen MR) is 110 cm³/mol. The Kier molecular flexibility index (Phi) is 6.69. The molecule has 160 valence electrons. The van der Waals surface area contributed by atoms with Crippen molar-refractivity contribution in [3.8, 4) is 5.75 Å². The number of Topliss-reactive ketones (excluding diaryl/α,β-unsaturated/α-hetero) is 1. The maximum atomic E-state index is 14.3. The maximum absolute atomic E-state index is 14.3. The molecule has 0 saturated carbocycles. The molecule has 1 unspecified atom stereocenters. The van der Waals surface area contributed by atoms with Gasteiger partial charge in [-0.3, -0.25) is 9.59 Å². The number of methoxy groups -OCH3 is 1. The minimum atomic E-state index is -4.59. The van der Waals surface area contributed by atoms with E-state index in [-0.39, 0.29) is 24.3 Å². The summed E-state index contributed by atoms with van der Waals surface area (Å²) in [5, 5.41) is 0.436. The summed E-state index contributed by atoms with van der Waals surface area (Å²) in [6.07, 6.45) is 0.293. The van der Waals surface area contributed by atoms with Crippen molar-refractivity contribution in [1.82, 2.24) is 4.31 Å². The fraction of sp³-hybridized carbons (Fsp3) is 0.300. The van der Waals surface area contributed by atoms with E-state index in [1.165, 1.54) is 13.2 Å². The molecule has 1 aliphatic heterocycles. The highest BCUT2D eigenvalue weighted by molar-refractivity contribution is 7.89. The Morgan fingerprint density at radius 3 is 2.47 bits per heavy atom. The van der Waals surface area contributed by atoms with Gasteiger partial charge in [0.1, 0.15) is 16.5 Å². The summed E-state index contributed by atoms with van der Waals surface area (Å²) >= 11 is 11.7. The van der Waals surface area contributed by atoms with Crippen LogP contribution < -0.4 is 4.74 Å². The van der Waals surface area contributed by atoms with Crippen molar-refractivity contribution in [3.05, 3.63) is 57.8 Å². The van der Waals surface area contributed by atoms with E-state index in [0.717, 1.165) is 12.1 Å². The molecule has 0 aliphatic carbocycles. The van der Waals surface area contributed by atoms with Crippen LogP contribution in [0.25, 0.3) is 0 Å². The highest BCUT2D eigenvalue weighted by Crippen LogP contribution is 2.31. The van der Waals surface area contributed by atoms with Crippen molar-refractivity contribution in [2.75, 3.05) is 13.7 Å². The molecule has 0 radical (unpaired) electrons. The van der Waals surface area contributed by atoms with Crippen LogP contribution in [0, 0.1) is 11.7 Å². The molecule has 1 fully saturated rings. The van der Waals surface area contributed by atoms with Crippen molar-refractivity contribution in [2.24, 2.45) is 5.92 Å². The summed E-state index contributed by atoms with van der Waals surface area (Å²) in [5.74, 6) is -2.64. The van der Waals surface area contributed by atoms with Gasteiger partial charge in [0, 0.05) is 22.4 Å². The minimum absolute atomic E-state index is 0.00986. The molecule has 30 heavy (non-hydrogen) atoms. The number of ether oxygens (including phenoxy) is 1. The second kappa shape index (κ2) is 8.91. The molecule has 0 spiro atoms. The van der Waals surface area contributed by atoms with Crippen LogP contribution >= 0.6 is 23.2 Å². The van der Waals surface area contributed by atoms with E-state index < -0.39 is 44.9 Å². The van der Waals surface area contributed by atoms with Gasteiger partial charge in [-0.25, -0.2) is 17.1 Å². The first-order valence-corrected chi connectivity index (χ1v) is 11.2. The number of halogens is 3. The molecular formula is C20H18Cl2FNO5S. The summed E-state index contributed by atoms with van der Waals surface area (Å²) < 4.78 is 46.1. The van der Waals surface area contributed by atoms with Crippen molar-refractivity contribution in [3.63, 3.8) is 0 Å². The number of ketones is 1. The molecule has 0 bridgehead atoms. The Bertz CT molecular complexity index is 1110. The maximum Gasteiger partial charge on any atom is 0.269 e. The van der Waals surface area contributed by atoms with Crippen LogP contribution in [0.4, 0.5) is 4.39 Å². The van der Waals surface area contributed by atoms with Crippen LogP contribution in [0.5, 0.6) is 5.75 Å².